The van der Waals surface area contributed by atoms with Crippen LogP contribution in [0.25, 0.3) is 21.6 Å². The van der Waals surface area contributed by atoms with Crippen LogP contribution in [0.4, 0.5) is 5.69 Å². The summed E-state index contributed by atoms with van der Waals surface area (Å²) in [7, 11) is 0. The molecule has 0 unspecified atom stereocenters. The van der Waals surface area contributed by atoms with Crippen LogP contribution in [0.1, 0.15) is 75.1 Å². The quantitative estimate of drug-likeness (QED) is 0.106. The Morgan fingerprint density at radius 3 is 2.58 bits per heavy atom. The SMILES string of the molecule is CCCNC(=O)c1ccc(-c2cc3c(cc2C(=O)Nc2ccc(CN)cc2OCCCCC(=O)O)-c2sccc2CCO3)c(C(=O)O)n1. The maximum Gasteiger partial charge on any atom is 0.355 e. The van der Waals surface area contributed by atoms with E-state index in [1.807, 2.05) is 18.4 Å². The third kappa shape index (κ3) is 7.81. The average Bonchev–Trinajstić information content (AvgIpc) is 3.48. The maximum absolute atomic E-state index is 14.2. The van der Waals surface area contributed by atoms with Gasteiger partial charge in [-0.05, 0) is 78.2 Å². The average molecular weight is 673 g/mol. The number of nitrogens with one attached hydrogen (secondary N) is 2. The minimum Gasteiger partial charge on any atom is -0.493 e. The smallest absolute Gasteiger partial charge is 0.355 e. The van der Waals surface area contributed by atoms with Crippen molar-refractivity contribution in [3.8, 4) is 33.1 Å². The molecule has 0 bridgehead atoms. The van der Waals surface area contributed by atoms with Crippen LogP contribution in [0.3, 0.4) is 0 Å². The Morgan fingerprint density at radius 2 is 1.83 bits per heavy atom. The predicted octanol–water partition coefficient (Wildman–Crippen LogP) is 5.59. The first-order valence-corrected chi connectivity index (χ1v) is 16.5. The molecule has 250 valence electrons. The lowest BCUT2D eigenvalue weighted by Crippen LogP contribution is -2.25. The molecule has 5 rings (SSSR count). The number of carboxylic acid groups (broad SMARTS) is 2. The molecule has 1 aliphatic heterocycles. The Hall–Kier alpha value is -5.27. The number of anilines is 1. The molecule has 13 heteroatoms. The molecule has 0 atom stereocenters. The molecule has 4 aromatic rings. The van der Waals surface area contributed by atoms with Gasteiger partial charge in [-0.25, -0.2) is 9.78 Å². The summed E-state index contributed by atoms with van der Waals surface area (Å²) in [4.78, 5) is 55.4. The molecule has 1 aliphatic rings. The number of carbonyl (C=O) groups excluding carboxylic acids is 2. The second-order valence-corrected chi connectivity index (χ2v) is 12.0. The topological polar surface area (TPSA) is 190 Å². The predicted molar refractivity (Wildman–Crippen MR) is 181 cm³/mol. The minimum atomic E-state index is -1.37. The van der Waals surface area contributed by atoms with Gasteiger partial charge in [-0.15, -0.1) is 11.3 Å². The van der Waals surface area contributed by atoms with Gasteiger partial charge >= 0.3 is 11.9 Å². The fourth-order valence-corrected chi connectivity index (χ4v) is 6.27. The van der Waals surface area contributed by atoms with Crippen molar-refractivity contribution in [2.24, 2.45) is 5.73 Å². The molecule has 2 aromatic heterocycles. The third-order valence-electron chi connectivity index (χ3n) is 7.71. The summed E-state index contributed by atoms with van der Waals surface area (Å²) in [5.74, 6) is -2.46. The van der Waals surface area contributed by atoms with Crippen molar-refractivity contribution in [3.05, 3.63) is 82.0 Å². The first kappa shape index (κ1) is 34.1. The van der Waals surface area contributed by atoms with E-state index >= 15 is 0 Å². The number of amides is 2. The molecule has 0 aliphatic carbocycles. The van der Waals surface area contributed by atoms with Gasteiger partial charge in [0.05, 0.1) is 18.9 Å². The molecule has 2 amide bonds. The number of ether oxygens (including phenoxy) is 2. The highest BCUT2D eigenvalue weighted by Gasteiger charge is 2.27. The van der Waals surface area contributed by atoms with Crippen molar-refractivity contribution in [2.75, 3.05) is 25.1 Å². The van der Waals surface area contributed by atoms with Crippen LogP contribution in [-0.4, -0.2) is 58.7 Å². The number of hydrogen-bond donors (Lipinski definition) is 5. The lowest BCUT2D eigenvalue weighted by Gasteiger charge is -2.18. The van der Waals surface area contributed by atoms with Crippen LogP contribution in [0.5, 0.6) is 11.5 Å². The Balaban J connectivity index is 1.58. The number of thiophene rings is 1. The van der Waals surface area contributed by atoms with Gasteiger partial charge in [-0.3, -0.25) is 14.4 Å². The first-order valence-electron chi connectivity index (χ1n) is 15.6. The van der Waals surface area contributed by atoms with E-state index in [-0.39, 0.29) is 42.0 Å². The van der Waals surface area contributed by atoms with Crippen LogP contribution in [-0.2, 0) is 17.8 Å². The molecular weight excluding hydrogens is 636 g/mol. The Kier molecular flexibility index (Phi) is 11.0. The van der Waals surface area contributed by atoms with Crippen molar-refractivity contribution >= 4 is 40.8 Å². The van der Waals surface area contributed by atoms with Crippen molar-refractivity contribution < 1.29 is 38.9 Å². The number of aromatic carboxylic acids is 1. The fourth-order valence-electron chi connectivity index (χ4n) is 5.29. The number of rotatable bonds is 14. The molecular formula is C35H36N4O8S. The van der Waals surface area contributed by atoms with E-state index in [1.165, 1.54) is 23.5 Å². The van der Waals surface area contributed by atoms with E-state index in [9.17, 15) is 24.3 Å². The molecule has 0 radical (unpaired) electrons. The number of aliphatic carboxylic acids is 1. The van der Waals surface area contributed by atoms with E-state index in [4.69, 9.17) is 20.3 Å². The Morgan fingerprint density at radius 1 is 1.00 bits per heavy atom. The van der Waals surface area contributed by atoms with Crippen molar-refractivity contribution in [1.82, 2.24) is 10.3 Å². The van der Waals surface area contributed by atoms with E-state index in [2.05, 4.69) is 15.6 Å². The summed E-state index contributed by atoms with van der Waals surface area (Å²) < 4.78 is 12.1. The number of hydrogen-bond acceptors (Lipinski definition) is 9. The molecule has 48 heavy (non-hydrogen) atoms. The van der Waals surface area contributed by atoms with E-state index in [0.717, 1.165) is 16.0 Å². The highest BCUT2D eigenvalue weighted by atomic mass is 32.1. The van der Waals surface area contributed by atoms with Crippen LogP contribution < -0.4 is 25.8 Å². The van der Waals surface area contributed by atoms with E-state index < -0.39 is 29.4 Å². The lowest BCUT2D eigenvalue weighted by molar-refractivity contribution is -0.137. The van der Waals surface area contributed by atoms with E-state index in [0.29, 0.717) is 61.6 Å². The Labute approximate surface area is 280 Å². The van der Waals surface area contributed by atoms with Crippen molar-refractivity contribution in [3.63, 3.8) is 0 Å². The van der Waals surface area contributed by atoms with Crippen LogP contribution in [0, 0.1) is 0 Å². The number of carbonyl (C=O) groups is 4. The first-order chi connectivity index (χ1) is 23.2. The number of unbranched alkanes of at least 4 members (excludes halogenated alkanes) is 1. The second kappa shape index (κ2) is 15.5. The number of nitrogens with zero attached hydrogens (tertiary/aromatic N) is 1. The summed E-state index contributed by atoms with van der Waals surface area (Å²) in [5, 5.41) is 26.7. The second-order valence-electron chi connectivity index (χ2n) is 11.1. The molecule has 0 fully saturated rings. The number of carboxylic acids is 2. The van der Waals surface area contributed by atoms with Crippen molar-refractivity contribution in [1.29, 1.82) is 0 Å². The highest BCUT2D eigenvalue weighted by molar-refractivity contribution is 7.13. The monoisotopic (exact) mass is 672 g/mol. The number of aromatic nitrogens is 1. The van der Waals surface area contributed by atoms with Gasteiger partial charge in [0, 0.05) is 53.1 Å². The number of pyridine rings is 1. The molecule has 2 aromatic carbocycles. The number of fused-ring (bicyclic) bond motifs is 3. The molecule has 0 saturated carbocycles. The zero-order valence-corrected chi connectivity index (χ0v) is 27.2. The van der Waals surface area contributed by atoms with Gasteiger partial charge in [-0.1, -0.05) is 13.0 Å². The zero-order chi connectivity index (χ0) is 34.2. The van der Waals surface area contributed by atoms with Gasteiger partial charge in [-0.2, -0.15) is 0 Å². The molecule has 6 N–H and O–H groups in total. The largest absolute Gasteiger partial charge is 0.493 e. The summed E-state index contributed by atoms with van der Waals surface area (Å²) in [5.41, 5.74) is 8.83. The highest BCUT2D eigenvalue weighted by Crippen LogP contribution is 2.43. The molecule has 3 heterocycles. The van der Waals surface area contributed by atoms with Gasteiger partial charge in [0.2, 0.25) is 0 Å². The fraction of sp³-hybridized carbons (Fsp3) is 0.286. The van der Waals surface area contributed by atoms with Crippen LogP contribution in [0.15, 0.2) is 53.9 Å². The van der Waals surface area contributed by atoms with Gasteiger partial charge in [0.25, 0.3) is 11.8 Å². The number of benzene rings is 2. The zero-order valence-electron chi connectivity index (χ0n) is 26.3. The number of nitrogens with two attached hydrogens (primary N) is 1. The maximum atomic E-state index is 14.2. The van der Waals surface area contributed by atoms with Gasteiger partial charge < -0.3 is 36.1 Å². The molecule has 0 spiro atoms. The summed E-state index contributed by atoms with van der Waals surface area (Å²) in [6.45, 7) is 3.15. The van der Waals surface area contributed by atoms with Crippen LogP contribution in [0.2, 0.25) is 0 Å². The molecule has 12 nitrogen and oxygen atoms in total. The summed E-state index contributed by atoms with van der Waals surface area (Å²) >= 11 is 1.52. The van der Waals surface area contributed by atoms with Crippen molar-refractivity contribution in [2.45, 2.75) is 45.6 Å². The Bertz CT molecular complexity index is 1850. The minimum absolute atomic E-state index is 0.0180. The summed E-state index contributed by atoms with van der Waals surface area (Å²) in [6.07, 6.45) is 2.29. The lowest BCUT2D eigenvalue weighted by atomic mass is 9.93. The standard InChI is InChI=1S/C35H36N4O8S/c1-2-12-37-34(43)27-9-7-22(31(38-27)35(44)45)23-18-28-25(32-21(10-14-47-28)11-15-48-32)17-24(23)33(42)39-26-8-6-20(19-36)16-29(26)46-13-4-3-5-30(40)41/h6-9,11,15-18H,2-5,10,12-14,19,36H2,1H3,(H,37,43)(H,39,42)(H,40,41)(H,44,45). The molecule has 0 saturated heterocycles. The van der Waals surface area contributed by atoms with Gasteiger partial charge in [0.15, 0.2) is 5.69 Å². The summed E-state index contributed by atoms with van der Waals surface area (Å²) in [6, 6.07) is 13.4. The van der Waals surface area contributed by atoms with Gasteiger partial charge in [0.1, 0.15) is 17.2 Å². The van der Waals surface area contributed by atoms with Crippen LogP contribution >= 0.6 is 11.3 Å². The third-order valence-corrected chi connectivity index (χ3v) is 8.70. The normalized spacial score (nSPS) is 11.8. The van der Waals surface area contributed by atoms with E-state index in [1.54, 1.807) is 30.3 Å².